The van der Waals surface area contributed by atoms with Crippen LogP contribution >= 0.6 is 11.6 Å². The lowest BCUT2D eigenvalue weighted by Gasteiger charge is -2.24. The first kappa shape index (κ1) is 13.4. The number of hydrogen-bond acceptors (Lipinski definition) is 2. The number of fused-ring (bicyclic) bond motifs is 1. The van der Waals surface area contributed by atoms with Crippen LogP contribution in [0.15, 0.2) is 12.1 Å². The maximum absolute atomic E-state index is 11.3. The largest absolute Gasteiger partial charge is 0.493 e. The summed E-state index contributed by atoms with van der Waals surface area (Å²) in [5, 5.41) is 0.757. The Morgan fingerprint density at radius 2 is 2.17 bits per heavy atom. The Bertz CT molecular complexity index is 478. The lowest BCUT2D eigenvalue weighted by molar-refractivity contribution is -0.118. The summed E-state index contributed by atoms with van der Waals surface area (Å²) in [6.07, 6.45) is 2.32. The van der Waals surface area contributed by atoms with Crippen LogP contribution in [-0.2, 0) is 17.6 Å². The van der Waals surface area contributed by atoms with Crippen molar-refractivity contribution in [1.82, 2.24) is 0 Å². The lowest BCUT2D eigenvalue weighted by atomic mass is 9.81. The first-order valence-corrected chi connectivity index (χ1v) is 6.69. The SMILES string of the molecule is CC(=O)CC(C)(C)Cc1cc(Cl)cc2c1OCC2. The Labute approximate surface area is 113 Å². The summed E-state index contributed by atoms with van der Waals surface area (Å²) in [4.78, 5) is 11.3. The fourth-order valence-corrected chi connectivity index (χ4v) is 2.99. The van der Waals surface area contributed by atoms with Crippen LogP contribution in [0.25, 0.3) is 0 Å². The predicted molar refractivity (Wildman–Crippen MR) is 73.4 cm³/mol. The van der Waals surface area contributed by atoms with E-state index in [-0.39, 0.29) is 11.2 Å². The number of rotatable bonds is 4. The minimum atomic E-state index is -0.0593. The van der Waals surface area contributed by atoms with Crippen molar-refractivity contribution in [3.05, 3.63) is 28.3 Å². The van der Waals surface area contributed by atoms with Crippen molar-refractivity contribution in [3.8, 4) is 5.75 Å². The highest BCUT2D eigenvalue weighted by Crippen LogP contribution is 2.37. The second-order valence-corrected chi connectivity index (χ2v) is 6.31. The lowest BCUT2D eigenvalue weighted by Crippen LogP contribution is -2.19. The molecule has 0 atom stereocenters. The fraction of sp³-hybridized carbons (Fsp3) is 0.533. The highest BCUT2D eigenvalue weighted by Gasteiger charge is 2.25. The molecule has 0 spiro atoms. The second kappa shape index (κ2) is 4.93. The molecule has 18 heavy (non-hydrogen) atoms. The normalized spacial score (nSPS) is 14.2. The summed E-state index contributed by atoms with van der Waals surface area (Å²) in [5.74, 6) is 1.20. The van der Waals surface area contributed by atoms with Gasteiger partial charge in [0.05, 0.1) is 6.61 Å². The molecule has 0 amide bonds. The Morgan fingerprint density at radius 3 is 2.83 bits per heavy atom. The molecule has 1 aromatic rings. The Kier molecular flexibility index (Phi) is 3.67. The Morgan fingerprint density at radius 1 is 1.44 bits per heavy atom. The smallest absolute Gasteiger partial charge is 0.130 e. The van der Waals surface area contributed by atoms with Gasteiger partial charge in [0.2, 0.25) is 0 Å². The highest BCUT2D eigenvalue weighted by atomic mass is 35.5. The minimum Gasteiger partial charge on any atom is -0.493 e. The van der Waals surface area contributed by atoms with Crippen molar-refractivity contribution >= 4 is 17.4 Å². The average Bonchev–Trinajstić information content (AvgIpc) is 2.61. The quantitative estimate of drug-likeness (QED) is 0.828. The van der Waals surface area contributed by atoms with Gasteiger partial charge in [0, 0.05) is 17.9 Å². The molecule has 0 saturated heterocycles. The number of carbonyl (C=O) groups excluding carboxylic acids is 1. The first-order valence-electron chi connectivity index (χ1n) is 6.31. The van der Waals surface area contributed by atoms with Crippen LogP contribution in [0.5, 0.6) is 5.75 Å². The summed E-state index contributed by atoms with van der Waals surface area (Å²) < 4.78 is 5.69. The van der Waals surface area contributed by atoms with E-state index >= 15 is 0 Å². The van der Waals surface area contributed by atoms with Crippen molar-refractivity contribution in [2.75, 3.05) is 6.61 Å². The van der Waals surface area contributed by atoms with E-state index in [0.717, 1.165) is 35.8 Å². The zero-order valence-corrected chi connectivity index (χ0v) is 11.9. The van der Waals surface area contributed by atoms with E-state index in [2.05, 4.69) is 13.8 Å². The molecule has 3 heteroatoms. The van der Waals surface area contributed by atoms with E-state index in [0.29, 0.717) is 6.42 Å². The predicted octanol–water partition coefficient (Wildman–Crippen LogP) is 3.82. The summed E-state index contributed by atoms with van der Waals surface area (Å²) in [7, 11) is 0. The molecular formula is C15H19ClO2. The summed E-state index contributed by atoms with van der Waals surface area (Å²) in [5.41, 5.74) is 2.26. The maximum Gasteiger partial charge on any atom is 0.130 e. The van der Waals surface area contributed by atoms with Crippen molar-refractivity contribution < 1.29 is 9.53 Å². The third kappa shape index (κ3) is 3.05. The molecule has 2 rings (SSSR count). The molecule has 0 N–H and O–H groups in total. The van der Waals surface area contributed by atoms with Crippen LogP contribution in [0, 0.1) is 5.41 Å². The fourth-order valence-electron chi connectivity index (χ4n) is 2.73. The van der Waals surface area contributed by atoms with Crippen molar-refractivity contribution in [3.63, 3.8) is 0 Å². The van der Waals surface area contributed by atoms with Gasteiger partial charge in [-0.05, 0) is 42.0 Å². The van der Waals surface area contributed by atoms with Gasteiger partial charge in [-0.15, -0.1) is 0 Å². The number of halogens is 1. The molecule has 0 unspecified atom stereocenters. The van der Waals surface area contributed by atoms with Gasteiger partial charge in [0.15, 0.2) is 0 Å². The van der Waals surface area contributed by atoms with E-state index in [1.165, 1.54) is 5.56 Å². The average molecular weight is 267 g/mol. The van der Waals surface area contributed by atoms with Gasteiger partial charge >= 0.3 is 0 Å². The highest BCUT2D eigenvalue weighted by molar-refractivity contribution is 6.30. The Hall–Kier alpha value is -1.02. The molecule has 1 aliphatic heterocycles. The van der Waals surface area contributed by atoms with Gasteiger partial charge in [-0.1, -0.05) is 25.4 Å². The van der Waals surface area contributed by atoms with Gasteiger partial charge in [0.1, 0.15) is 11.5 Å². The van der Waals surface area contributed by atoms with Crippen LogP contribution in [0.2, 0.25) is 5.02 Å². The molecule has 0 radical (unpaired) electrons. The summed E-state index contributed by atoms with van der Waals surface area (Å²) >= 11 is 6.14. The molecule has 0 saturated carbocycles. The van der Waals surface area contributed by atoms with Crippen molar-refractivity contribution in [1.29, 1.82) is 0 Å². The monoisotopic (exact) mass is 266 g/mol. The zero-order valence-electron chi connectivity index (χ0n) is 11.2. The molecule has 0 aliphatic carbocycles. The molecule has 0 fully saturated rings. The molecule has 1 heterocycles. The van der Waals surface area contributed by atoms with E-state index in [1.54, 1.807) is 6.92 Å². The number of hydrogen-bond donors (Lipinski definition) is 0. The molecule has 1 aliphatic rings. The molecule has 0 aromatic heterocycles. The third-order valence-corrected chi connectivity index (χ3v) is 3.44. The zero-order chi connectivity index (χ0) is 13.3. The number of ketones is 1. The summed E-state index contributed by atoms with van der Waals surface area (Å²) in [6, 6.07) is 3.94. The van der Waals surface area contributed by atoms with Crippen molar-refractivity contribution in [2.45, 2.75) is 40.0 Å². The molecule has 1 aromatic carbocycles. The standard InChI is InChI=1S/C15H19ClO2/c1-10(17)8-15(2,3)9-12-7-13(16)6-11-4-5-18-14(11)12/h6-7H,4-5,8-9H2,1-3H3. The van der Waals surface area contributed by atoms with Crippen LogP contribution in [0.3, 0.4) is 0 Å². The van der Waals surface area contributed by atoms with Gasteiger partial charge in [-0.25, -0.2) is 0 Å². The van der Waals surface area contributed by atoms with E-state index in [9.17, 15) is 4.79 Å². The van der Waals surface area contributed by atoms with E-state index in [1.807, 2.05) is 12.1 Å². The molecule has 2 nitrogen and oxygen atoms in total. The minimum absolute atomic E-state index is 0.0593. The van der Waals surface area contributed by atoms with Gasteiger partial charge in [-0.2, -0.15) is 0 Å². The van der Waals surface area contributed by atoms with Gasteiger partial charge in [-0.3, -0.25) is 0 Å². The van der Waals surface area contributed by atoms with E-state index < -0.39 is 0 Å². The maximum atomic E-state index is 11.3. The van der Waals surface area contributed by atoms with Crippen molar-refractivity contribution in [2.24, 2.45) is 5.41 Å². The number of Topliss-reactive ketones (excluding diaryl/α,β-unsaturated/α-hetero) is 1. The van der Waals surface area contributed by atoms with Gasteiger partial charge < -0.3 is 9.53 Å². The van der Waals surface area contributed by atoms with Crippen LogP contribution in [-0.4, -0.2) is 12.4 Å². The first-order chi connectivity index (χ1) is 8.37. The topological polar surface area (TPSA) is 26.3 Å². The van der Waals surface area contributed by atoms with Gasteiger partial charge in [0.25, 0.3) is 0 Å². The molecule has 98 valence electrons. The number of carbonyl (C=O) groups is 1. The summed E-state index contributed by atoms with van der Waals surface area (Å²) in [6.45, 7) is 6.59. The third-order valence-electron chi connectivity index (χ3n) is 3.22. The van der Waals surface area contributed by atoms with Crippen LogP contribution in [0.4, 0.5) is 0 Å². The number of benzene rings is 1. The Balaban J connectivity index is 2.26. The molecule has 0 bridgehead atoms. The molecular weight excluding hydrogens is 248 g/mol. The second-order valence-electron chi connectivity index (χ2n) is 5.87. The number of ether oxygens (including phenoxy) is 1. The van der Waals surface area contributed by atoms with Crippen LogP contribution < -0.4 is 4.74 Å². The van der Waals surface area contributed by atoms with E-state index in [4.69, 9.17) is 16.3 Å². The van der Waals surface area contributed by atoms with Crippen LogP contribution in [0.1, 0.15) is 38.3 Å².